The highest BCUT2D eigenvalue weighted by Crippen LogP contribution is 2.37. The molecule has 0 saturated carbocycles. The molecule has 3 N–H and O–H groups in total. The molecule has 1 atom stereocenters. The van der Waals surface area contributed by atoms with Crippen LogP contribution in [0.15, 0.2) is 59.8 Å². The number of hydrogen-bond acceptors (Lipinski definition) is 3. The van der Waals surface area contributed by atoms with E-state index in [0.717, 1.165) is 28.2 Å². The minimum Gasteiger partial charge on any atom is -0.372 e. The smallest absolute Gasteiger partial charge is 0.251 e. The normalized spacial score (nSPS) is 19.5. The van der Waals surface area contributed by atoms with Crippen LogP contribution in [0.5, 0.6) is 0 Å². The molecule has 2 aromatic carbocycles. The lowest BCUT2D eigenvalue weighted by Crippen LogP contribution is -2.24. The number of para-hydroxylation sites is 2. The van der Waals surface area contributed by atoms with Crippen LogP contribution < -0.4 is 16.0 Å². The van der Waals surface area contributed by atoms with Gasteiger partial charge in [0, 0.05) is 9.27 Å². The molecule has 110 valence electrons. The highest BCUT2D eigenvalue weighted by Gasteiger charge is 2.33. The summed E-state index contributed by atoms with van der Waals surface area (Å²) < 4.78 is 1.18. The second-order valence-corrected chi connectivity index (χ2v) is 6.62. The minimum atomic E-state index is -0.148. The summed E-state index contributed by atoms with van der Waals surface area (Å²) in [5.41, 5.74) is 4.82. The number of amides is 1. The van der Waals surface area contributed by atoms with Crippen LogP contribution in [-0.4, -0.2) is 12.5 Å². The predicted octanol–water partition coefficient (Wildman–Crippen LogP) is 3.25. The summed E-state index contributed by atoms with van der Waals surface area (Å²) in [5, 5.41) is 9.82. The van der Waals surface area contributed by atoms with E-state index in [0.29, 0.717) is 6.54 Å². The van der Waals surface area contributed by atoms with Crippen molar-refractivity contribution in [3.8, 4) is 0 Å². The number of rotatable bonds is 1. The Morgan fingerprint density at radius 1 is 1.00 bits per heavy atom. The van der Waals surface area contributed by atoms with Gasteiger partial charge in [-0.25, -0.2) is 0 Å². The standard InChI is InChI=1S/C17H14IN3O/c18-11-7-5-10(6-8-11)16-15-14(9-19-17(15)22)20-12-3-1-2-4-13(12)21-16/h1-8,16,20-21H,9H2,(H,19,22). The number of benzene rings is 2. The molecule has 1 unspecified atom stereocenters. The van der Waals surface area contributed by atoms with Crippen LogP contribution in [0.25, 0.3) is 0 Å². The van der Waals surface area contributed by atoms with E-state index in [1.807, 2.05) is 24.3 Å². The second-order valence-electron chi connectivity index (χ2n) is 5.37. The molecule has 0 radical (unpaired) electrons. The lowest BCUT2D eigenvalue weighted by Gasteiger charge is -2.20. The zero-order chi connectivity index (χ0) is 15.1. The first-order chi connectivity index (χ1) is 10.7. The van der Waals surface area contributed by atoms with Crippen LogP contribution in [0.2, 0.25) is 0 Å². The van der Waals surface area contributed by atoms with Crippen molar-refractivity contribution >= 4 is 39.9 Å². The summed E-state index contributed by atoms with van der Waals surface area (Å²) in [6.45, 7) is 0.547. The van der Waals surface area contributed by atoms with Crippen molar-refractivity contribution < 1.29 is 4.79 Å². The first-order valence-corrected chi connectivity index (χ1v) is 8.19. The predicted molar refractivity (Wildman–Crippen MR) is 95.6 cm³/mol. The number of fused-ring (bicyclic) bond motifs is 1. The van der Waals surface area contributed by atoms with Crippen molar-refractivity contribution in [3.63, 3.8) is 0 Å². The van der Waals surface area contributed by atoms with Crippen LogP contribution in [0.4, 0.5) is 11.4 Å². The molecule has 0 spiro atoms. The van der Waals surface area contributed by atoms with Crippen molar-refractivity contribution in [1.82, 2.24) is 5.32 Å². The van der Waals surface area contributed by atoms with E-state index < -0.39 is 0 Å². The molecule has 22 heavy (non-hydrogen) atoms. The van der Waals surface area contributed by atoms with Crippen LogP contribution in [-0.2, 0) is 4.79 Å². The third-order valence-corrected chi connectivity index (χ3v) is 4.72. The average molecular weight is 403 g/mol. The Bertz CT molecular complexity index is 783. The van der Waals surface area contributed by atoms with E-state index in [9.17, 15) is 4.79 Å². The van der Waals surface area contributed by atoms with E-state index in [4.69, 9.17) is 0 Å². The van der Waals surface area contributed by atoms with Gasteiger partial charge in [-0.2, -0.15) is 0 Å². The summed E-state index contributed by atoms with van der Waals surface area (Å²) in [6.07, 6.45) is 0. The number of nitrogens with one attached hydrogen (secondary N) is 3. The largest absolute Gasteiger partial charge is 0.372 e. The summed E-state index contributed by atoms with van der Waals surface area (Å²) in [5.74, 6) is -0.00800. The van der Waals surface area contributed by atoms with Crippen LogP contribution >= 0.6 is 22.6 Å². The third kappa shape index (κ3) is 2.25. The Hall–Kier alpha value is -2.02. The van der Waals surface area contributed by atoms with Gasteiger partial charge in [0.2, 0.25) is 0 Å². The molecule has 0 aromatic heterocycles. The fraction of sp³-hybridized carbons (Fsp3) is 0.118. The Morgan fingerprint density at radius 3 is 2.50 bits per heavy atom. The average Bonchev–Trinajstić information content (AvgIpc) is 2.79. The first kappa shape index (κ1) is 13.6. The third-order valence-electron chi connectivity index (χ3n) is 4.00. The minimum absolute atomic E-state index is 0.00800. The molecular formula is C17H14IN3O. The molecule has 4 nitrogen and oxygen atoms in total. The number of anilines is 2. The van der Waals surface area contributed by atoms with Gasteiger partial charge < -0.3 is 16.0 Å². The van der Waals surface area contributed by atoms with Gasteiger partial charge in [-0.15, -0.1) is 0 Å². The van der Waals surface area contributed by atoms with Crippen LogP contribution in [0.1, 0.15) is 11.6 Å². The number of carbonyl (C=O) groups excluding carboxylic acids is 1. The molecule has 1 amide bonds. The number of carbonyl (C=O) groups is 1. The molecule has 5 heteroatoms. The van der Waals surface area contributed by atoms with Crippen LogP contribution in [0, 0.1) is 3.57 Å². The molecule has 2 heterocycles. The lowest BCUT2D eigenvalue weighted by atomic mass is 9.98. The highest BCUT2D eigenvalue weighted by atomic mass is 127. The van der Waals surface area contributed by atoms with Crippen molar-refractivity contribution in [2.75, 3.05) is 17.2 Å². The molecule has 0 bridgehead atoms. The van der Waals surface area contributed by atoms with Gasteiger partial charge >= 0.3 is 0 Å². The SMILES string of the molecule is O=C1NCC2=C1C(c1ccc(I)cc1)Nc1ccccc1N2. The van der Waals surface area contributed by atoms with Gasteiger partial charge in [0.25, 0.3) is 5.91 Å². The van der Waals surface area contributed by atoms with Crippen molar-refractivity contribution in [2.24, 2.45) is 0 Å². The molecule has 0 aliphatic carbocycles. The van der Waals surface area contributed by atoms with Gasteiger partial charge in [0.05, 0.1) is 29.5 Å². The van der Waals surface area contributed by atoms with Gasteiger partial charge in [-0.3, -0.25) is 4.79 Å². The Balaban J connectivity index is 1.85. The molecule has 4 rings (SSSR count). The Morgan fingerprint density at radius 2 is 1.73 bits per heavy atom. The zero-order valence-corrected chi connectivity index (χ0v) is 13.8. The van der Waals surface area contributed by atoms with E-state index in [2.05, 4.69) is 62.8 Å². The van der Waals surface area contributed by atoms with E-state index in [1.165, 1.54) is 3.57 Å². The Kier molecular flexibility index (Phi) is 3.29. The molecule has 0 saturated heterocycles. The zero-order valence-electron chi connectivity index (χ0n) is 11.7. The molecular weight excluding hydrogens is 389 g/mol. The molecule has 2 aliphatic heterocycles. The molecule has 0 fully saturated rings. The lowest BCUT2D eigenvalue weighted by molar-refractivity contribution is -0.116. The van der Waals surface area contributed by atoms with E-state index in [-0.39, 0.29) is 11.9 Å². The first-order valence-electron chi connectivity index (χ1n) is 7.11. The maximum atomic E-state index is 12.3. The monoisotopic (exact) mass is 403 g/mol. The fourth-order valence-corrected chi connectivity index (χ4v) is 3.29. The maximum Gasteiger partial charge on any atom is 0.251 e. The van der Waals surface area contributed by atoms with Gasteiger partial charge in [-0.1, -0.05) is 24.3 Å². The fourth-order valence-electron chi connectivity index (χ4n) is 2.93. The van der Waals surface area contributed by atoms with Crippen molar-refractivity contribution in [2.45, 2.75) is 6.04 Å². The van der Waals surface area contributed by atoms with Gasteiger partial charge in [-0.05, 0) is 52.4 Å². The maximum absolute atomic E-state index is 12.3. The van der Waals surface area contributed by atoms with Gasteiger partial charge in [0.1, 0.15) is 0 Å². The molecule has 2 aliphatic rings. The number of hydrogen-bond donors (Lipinski definition) is 3. The summed E-state index contributed by atoms with van der Waals surface area (Å²) in [7, 11) is 0. The van der Waals surface area contributed by atoms with E-state index >= 15 is 0 Å². The summed E-state index contributed by atoms with van der Waals surface area (Å²) >= 11 is 2.29. The van der Waals surface area contributed by atoms with Gasteiger partial charge in [0.15, 0.2) is 0 Å². The Labute approximate surface area is 142 Å². The quantitative estimate of drug-likeness (QED) is 0.641. The number of halogens is 1. The van der Waals surface area contributed by atoms with E-state index in [1.54, 1.807) is 0 Å². The molecule has 2 aromatic rings. The summed E-state index contributed by atoms with van der Waals surface area (Å²) in [6, 6.07) is 16.2. The van der Waals surface area contributed by atoms with Crippen molar-refractivity contribution in [1.29, 1.82) is 0 Å². The topological polar surface area (TPSA) is 53.2 Å². The van der Waals surface area contributed by atoms with Crippen molar-refractivity contribution in [3.05, 3.63) is 68.9 Å². The van der Waals surface area contributed by atoms with Crippen LogP contribution in [0.3, 0.4) is 0 Å². The highest BCUT2D eigenvalue weighted by molar-refractivity contribution is 14.1. The second kappa shape index (κ2) is 5.31. The summed E-state index contributed by atoms with van der Waals surface area (Å²) in [4.78, 5) is 12.3.